The van der Waals surface area contributed by atoms with Gasteiger partial charge in [0.25, 0.3) is 0 Å². The Morgan fingerprint density at radius 1 is 1.08 bits per heavy atom. The van der Waals surface area contributed by atoms with E-state index in [-0.39, 0.29) is 6.04 Å². The Morgan fingerprint density at radius 2 is 1.77 bits per heavy atom. The monoisotopic (exact) mass is 378 g/mol. The van der Waals surface area contributed by atoms with Gasteiger partial charge in [-0.05, 0) is 30.2 Å². The van der Waals surface area contributed by atoms with E-state index < -0.39 is 10.0 Å². The number of methoxy groups -OCH3 is 1. The van der Waals surface area contributed by atoms with Crippen molar-refractivity contribution in [1.82, 2.24) is 10.0 Å². The first-order chi connectivity index (χ1) is 12.4. The summed E-state index contributed by atoms with van der Waals surface area (Å²) in [6, 6.07) is 15.1. The van der Waals surface area contributed by atoms with Gasteiger partial charge in [-0.25, -0.2) is 13.1 Å². The summed E-state index contributed by atoms with van der Waals surface area (Å²) in [6.45, 7) is 3.81. The number of hydrogen-bond acceptors (Lipinski definition) is 5. The van der Waals surface area contributed by atoms with Gasteiger partial charge in [-0.1, -0.05) is 30.3 Å². The Balaban J connectivity index is 1.72. The maximum atomic E-state index is 11.3. The van der Waals surface area contributed by atoms with E-state index in [4.69, 9.17) is 9.47 Å². The summed E-state index contributed by atoms with van der Waals surface area (Å²) >= 11 is 0. The highest BCUT2D eigenvalue weighted by molar-refractivity contribution is 7.88. The van der Waals surface area contributed by atoms with Crippen LogP contribution in [0.25, 0.3) is 0 Å². The average Bonchev–Trinajstić information content (AvgIpc) is 2.60. The van der Waals surface area contributed by atoms with Gasteiger partial charge in [-0.3, -0.25) is 0 Å². The summed E-state index contributed by atoms with van der Waals surface area (Å²) in [5.74, 6) is 1.55. The van der Waals surface area contributed by atoms with Crippen LogP contribution in [0.15, 0.2) is 48.5 Å². The molecule has 0 aromatic heterocycles. The summed E-state index contributed by atoms with van der Waals surface area (Å²) in [4.78, 5) is 0. The van der Waals surface area contributed by atoms with Crippen LogP contribution >= 0.6 is 0 Å². The zero-order valence-corrected chi connectivity index (χ0v) is 16.2. The van der Waals surface area contributed by atoms with E-state index in [1.165, 1.54) is 0 Å². The summed E-state index contributed by atoms with van der Waals surface area (Å²) in [5.41, 5.74) is 2.06. The van der Waals surface area contributed by atoms with Gasteiger partial charge in [0, 0.05) is 25.2 Å². The van der Waals surface area contributed by atoms with Crippen LogP contribution < -0.4 is 19.5 Å². The van der Waals surface area contributed by atoms with Gasteiger partial charge in [0.1, 0.15) is 18.1 Å². The molecule has 0 aliphatic rings. The molecule has 26 heavy (non-hydrogen) atoms. The van der Waals surface area contributed by atoms with E-state index in [1.54, 1.807) is 7.11 Å². The van der Waals surface area contributed by atoms with Gasteiger partial charge in [0.15, 0.2) is 0 Å². The number of sulfonamides is 1. The van der Waals surface area contributed by atoms with Crippen molar-refractivity contribution in [1.29, 1.82) is 0 Å². The molecule has 0 fully saturated rings. The van der Waals surface area contributed by atoms with Gasteiger partial charge in [0.05, 0.1) is 13.4 Å². The zero-order chi connectivity index (χ0) is 19.0. The minimum absolute atomic E-state index is 0.247. The molecule has 0 spiro atoms. The Hall–Kier alpha value is -2.09. The van der Waals surface area contributed by atoms with Crippen LogP contribution in [0.4, 0.5) is 0 Å². The first kappa shape index (κ1) is 20.2. The molecule has 6 nitrogen and oxygen atoms in total. The molecule has 2 aromatic carbocycles. The normalized spacial score (nSPS) is 12.6. The lowest BCUT2D eigenvalue weighted by Crippen LogP contribution is -2.25. The molecule has 1 atom stereocenters. The summed E-state index contributed by atoms with van der Waals surface area (Å²) in [6.07, 6.45) is 1.16. The molecule has 0 aliphatic carbocycles. The molecule has 0 radical (unpaired) electrons. The van der Waals surface area contributed by atoms with Gasteiger partial charge < -0.3 is 14.8 Å². The third-order valence-corrected chi connectivity index (χ3v) is 4.57. The van der Waals surface area contributed by atoms with E-state index in [0.29, 0.717) is 13.2 Å². The predicted octanol–water partition coefficient (Wildman–Crippen LogP) is 2.47. The highest BCUT2D eigenvalue weighted by Crippen LogP contribution is 2.18. The Labute approximate surface area is 155 Å². The van der Waals surface area contributed by atoms with Crippen molar-refractivity contribution in [2.75, 3.05) is 26.5 Å². The fourth-order valence-electron chi connectivity index (χ4n) is 2.48. The van der Waals surface area contributed by atoms with E-state index in [2.05, 4.69) is 10.0 Å². The fourth-order valence-corrected chi connectivity index (χ4v) is 3.26. The first-order valence-electron chi connectivity index (χ1n) is 8.41. The summed E-state index contributed by atoms with van der Waals surface area (Å²) < 4.78 is 36.0. The molecule has 7 heteroatoms. The lowest BCUT2D eigenvalue weighted by atomic mass is 10.1. The number of hydrogen-bond donors (Lipinski definition) is 2. The van der Waals surface area contributed by atoms with Crippen LogP contribution in [0.5, 0.6) is 11.5 Å². The zero-order valence-electron chi connectivity index (χ0n) is 15.4. The molecule has 2 rings (SSSR count). The summed E-state index contributed by atoms with van der Waals surface area (Å²) in [5, 5.41) is 3.32. The quantitative estimate of drug-likeness (QED) is 0.621. The maximum absolute atomic E-state index is 11.3. The molecular weight excluding hydrogens is 352 g/mol. The van der Waals surface area contributed by atoms with E-state index in [9.17, 15) is 8.42 Å². The summed E-state index contributed by atoms with van der Waals surface area (Å²) in [7, 11) is -1.58. The molecule has 2 N–H and O–H groups in total. The van der Waals surface area contributed by atoms with Crippen molar-refractivity contribution in [2.45, 2.75) is 19.5 Å². The van der Waals surface area contributed by atoms with Gasteiger partial charge >= 0.3 is 0 Å². The number of nitrogens with one attached hydrogen (secondary N) is 2. The molecule has 0 saturated heterocycles. The standard InChI is InChI=1S/C19H26N2O4S/c1-15(21-26(3,22)23)17-9-7-16(8-10-17)14-20-11-12-25-19-6-4-5-18(13-19)24-2/h4-10,13,15,20-21H,11-12,14H2,1-3H3/t15-/m1/s1. The Bertz CT molecular complexity index is 791. The number of rotatable bonds is 10. The molecule has 0 heterocycles. The van der Waals surface area contributed by atoms with Crippen LogP contribution in [0.3, 0.4) is 0 Å². The highest BCUT2D eigenvalue weighted by atomic mass is 32.2. The highest BCUT2D eigenvalue weighted by Gasteiger charge is 2.10. The fraction of sp³-hybridized carbons (Fsp3) is 0.368. The lowest BCUT2D eigenvalue weighted by Gasteiger charge is -2.13. The molecule has 0 amide bonds. The molecule has 0 aliphatic heterocycles. The van der Waals surface area contributed by atoms with E-state index >= 15 is 0 Å². The van der Waals surface area contributed by atoms with Crippen molar-refractivity contribution in [2.24, 2.45) is 0 Å². The third-order valence-electron chi connectivity index (χ3n) is 3.79. The second-order valence-corrected chi connectivity index (χ2v) is 7.84. The van der Waals surface area contributed by atoms with Crippen LogP contribution in [0.2, 0.25) is 0 Å². The topological polar surface area (TPSA) is 76.7 Å². The molecule has 2 aromatic rings. The lowest BCUT2D eigenvalue weighted by molar-refractivity contribution is 0.311. The second-order valence-electron chi connectivity index (χ2n) is 6.06. The van der Waals surface area contributed by atoms with Crippen molar-refractivity contribution < 1.29 is 17.9 Å². The van der Waals surface area contributed by atoms with Gasteiger partial charge in [0.2, 0.25) is 10.0 Å². The number of ether oxygens (including phenoxy) is 2. The molecule has 0 bridgehead atoms. The third kappa shape index (κ3) is 7.03. The van der Waals surface area contributed by atoms with Crippen molar-refractivity contribution in [3.63, 3.8) is 0 Å². The van der Waals surface area contributed by atoms with Crippen molar-refractivity contribution >= 4 is 10.0 Å². The van der Waals surface area contributed by atoms with Crippen molar-refractivity contribution in [3.8, 4) is 11.5 Å². The van der Waals surface area contributed by atoms with E-state index in [1.807, 2.05) is 55.5 Å². The minimum atomic E-state index is -3.21. The molecular formula is C19H26N2O4S. The van der Waals surface area contributed by atoms with E-state index in [0.717, 1.165) is 35.4 Å². The molecule has 0 unspecified atom stereocenters. The Morgan fingerprint density at radius 3 is 2.42 bits per heavy atom. The molecule has 0 saturated carbocycles. The largest absolute Gasteiger partial charge is 0.497 e. The maximum Gasteiger partial charge on any atom is 0.209 e. The smallest absolute Gasteiger partial charge is 0.209 e. The van der Waals surface area contributed by atoms with Crippen LogP contribution in [0.1, 0.15) is 24.1 Å². The predicted molar refractivity (Wildman–Crippen MR) is 103 cm³/mol. The minimum Gasteiger partial charge on any atom is -0.497 e. The van der Waals surface area contributed by atoms with Crippen LogP contribution in [-0.4, -0.2) is 34.9 Å². The SMILES string of the molecule is COc1cccc(OCCNCc2ccc([C@@H](C)NS(C)(=O)=O)cc2)c1. The van der Waals surface area contributed by atoms with Crippen LogP contribution in [-0.2, 0) is 16.6 Å². The molecule has 142 valence electrons. The van der Waals surface area contributed by atoms with Gasteiger partial charge in [-0.15, -0.1) is 0 Å². The average molecular weight is 378 g/mol. The second kappa shape index (κ2) is 9.56. The van der Waals surface area contributed by atoms with Gasteiger partial charge in [-0.2, -0.15) is 0 Å². The Kier molecular flexibility index (Phi) is 7.44. The first-order valence-corrected chi connectivity index (χ1v) is 10.3. The van der Waals surface area contributed by atoms with Crippen LogP contribution in [0, 0.1) is 0 Å². The van der Waals surface area contributed by atoms with Crippen molar-refractivity contribution in [3.05, 3.63) is 59.7 Å². The number of benzene rings is 2.